The summed E-state index contributed by atoms with van der Waals surface area (Å²) in [7, 11) is 0. The highest BCUT2D eigenvalue weighted by atomic mass is 16.5. The average molecular weight is 429 g/mol. The van der Waals surface area contributed by atoms with Crippen molar-refractivity contribution in [2.45, 2.75) is 12.8 Å². The molecule has 4 rings (SSSR count). The van der Waals surface area contributed by atoms with Gasteiger partial charge in [-0.05, 0) is 37.1 Å². The highest BCUT2D eigenvalue weighted by Gasteiger charge is 2.13. The molecule has 0 aliphatic carbocycles. The number of carbonyl (C=O) groups is 1. The summed E-state index contributed by atoms with van der Waals surface area (Å²) in [5.41, 5.74) is 6.56. The van der Waals surface area contributed by atoms with Crippen LogP contribution in [0.2, 0.25) is 0 Å². The summed E-state index contributed by atoms with van der Waals surface area (Å²) in [6, 6.07) is 15.1. The Kier molecular flexibility index (Phi) is 6.64. The zero-order valence-electron chi connectivity index (χ0n) is 17.4. The van der Waals surface area contributed by atoms with Gasteiger partial charge in [0.15, 0.2) is 0 Å². The molecule has 0 atom stereocenters. The molecular weight excluding hydrogens is 406 g/mol. The summed E-state index contributed by atoms with van der Waals surface area (Å²) in [4.78, 5) is 25.5. The first-order chi connectivity index (χ1) is 15.7. The monoisotopic (exact) mass is 429 g/mol. The minimum absolute atomic E-state index is 0.171. The third-order valence-electron chi connectivity index (χ3n) is 5.02. The fourth-order valence-corrected chi connectivity index (χ4v) is 3.33. The molecule has 8 nitrogen and oxygen atoms in total. The van der Waals surface area contributed by atoms with Crippen molar-refractivity contribution in [2.24, 2.45) is 5.84 Å². The molecule has 3 aromatic heterocycles. The van der Waals surface area contributed by atoms with Crippen molar-refractivity contribution >= 4 is 16.8 Å². The fourth-order valence-electron chi connectivity index (χ4n) is 3.33. The number of hydrazine groups is 1. The van der Waals surface area contributed by atoms with Crippen molar-refractivity contribution in [2.75, 3.05) is 13.2 Å². The zero-order valence-corrected chi connectivity index (χ0v) is 17.4. The van der Waals surface area contributed by atoms with Gasteiger partial charge in [-0.1, -0.05) is 24.3 Å². The van der Waals surface area contributed by atoms with Crippen LogP contribution >= 0.6 is 0 Å². The lowest BCUT2D eigenvalue weighted by atomic mass is 10.0. The first-order valence-electron chi connectivity index (χ1n) is 10.3. The maximum absolute atomic E-state index is 12.3. The van der Waals surface area contributed by atoms with E-state index in [0.29, 0.717) is 34.5 Å². The van der Waals surface area contributed by atoms with Crippen LogP contribution in [0.15, 0.2) is 67.1 Å². The molecular formula is C24H23N5O3. The molecule has 0 spiro atoms. The number of nitrogens with one attached hydrogen (secondary N) is 1. The molecule has 162 valence electrons. The van der Waals surface area contributed by atoms with E-state index in [1.165, 1.54) is 0 Å². The number of pyridine rings is 3. The van der Waals surface area contributed by atoms with E-state index in [1.807, 2.05) is 36.4 Å². The molecule has 4 aromatic rings. The van der Waals surface area contributed by atoms with E-state index >= 15 is 0 Å². The number of nitrogens with zero attached hydrogens (tertiary/aromatic N) is 3. The van der Waals surface area contributed by atoms with Crippen molar-refractivity contribution in [1.82, 2.24) is 20.4 Å². The van der Waals surface area contributed by atoms with Gasteiger partial charge in [0, 0.05) is 35.5 Å². The third-order valence-corrected chi connectivity index (χ3v) is 5.02. The summed E-state index contributed by atoms with van der Waals surface area (Å²) in [5, 5.41) is 9.45. The summed E-state index contributed by atoms with van der Waals surface area (Å²) in [6.07, 6.45) is 6.45. The van der Waals surface area contributed by atoms with Gasteiger partial charge in [-0.2, -0.15) is 0 Å². The number of unbranched alkanes of at least 4 members (excludes halogenated alkanes) is 1. The van der Waals surface area contributed by atoms with Crippen molar-refractivity contribution < 1.29 is 14.6 Å². The van der Waals surface area contributed by atoms with Crippen LogP contribution in [0.1, 0.15) is 23.2 Å². The zero-order chi connectivity index (χ0) is 22.3. The molecule has 0 saturated carbocycles. The van der Waals surface area contributed by atoms with Crippen LogP contribution in [-0.4, -0.2) is 39.2 Å². The van der Waals surface area contributed by atoms with Crippen LogP contribution < -0.4 is 16.0 Å². The number of aliphatic hydroxyl groups excluding tert-OH is 1. The molecule has 0 aliphatic heterocycles. The Labute approximate surface area is 185 Å². The smallest absolute Gasteiger partial charge is 0.265 e. The molecule has 3 heterocycles. The van der Waals surface area contributed by atoms with Crippen molar-refractivity contribution in [1.29, 1.82) is 0 Å². The summed E-state index contributed by atoms with van der Waals surface area (Å²) in [5.74, 6) is 5.65. The predicted molar refractivity (Wildman–Crippen MR) is 122 cm³/mol. The van der Waals surface area contributed by atoms with Crippen LogP contribution in [-0.2, 0) is 0 Å². The number of aliphatic hydroxyl groups is 1. The summed E-state index contributed by atoms with van der Waals surface area (Å²) in [6.45, 7) is 0.722. The van der Waals surface area contributed by atoms with Crippen LogP contribution in [0.25, 0.3) is 33.4 Å². The second-order valence-corrected chi connectivity index (χ2v) is 7.16. The normalized spacial score (nSPS) is 10.8. The molecule has 0 fully saturated rings. The number of nitrogens with two attached hydrogens (primary N) is 1. The quantitative estimate of drug-likeness (QED) is 0.170. The maximum Gasteiger partial charge on any atom is 0.265 e. The Bertz CT molecular complexity index is 1210. The highest BCUT2D eigenvalue weighted by molar-refractivity contribution is 6.06. The SMILES string of the molecule is NNC(=O)c1cc(-c2ccc(-c3ccc(OCCCCO)cn3)cc2)nc2ccncc12. The molecule has 0 unspecified atom stereocenters. The molecule has 0 saturated heterocycles. The number of hydrogen-bond donors (Lipinski definition) is 3. The molecule has 32 heavy (non-hydrogen) atoms. The van der Waals surface area contributed by atoms with Crippen LogP contribution in [0.5, 0.6) is 5.75 Å². The standard InChI is InChI=1S/C24H23N5O3/c25-29-24(31)19-13-23(28-22-9-10-26-15-20(19)22)17-5-3-16(4-6-17)21-8-7-18(14-27-21)32-12-2-1-11-30/h3-10,13-15,30H,1-2,11-12,25H2,(H,29,31). The summed E-state index contributed by atoms with van der Waals surface area (Å²) < 4.78 is 5.62. The topological polar surface area (TPSA) is 123 Å². The molecule has 0 radical (unpaired) electrons. The Morgan fingerprint density at radius 3 is 2.47 bits per heavy atom. The van der Waals surface area contributed by atoms with Gasteiger partial charge in [0.05, 0.1) is 35.3 Å². The van der Waals surface area contributed by atoms with E-state index in [9.17, 15) is 4.79 Å². The van der Waals surface area contributed by atoms with Crippen LogP contribution in [0.4, 0.5) is 0 Å². The number of benzene rings is 1. The van der Waals surface area contributed by atoms with E-state index in [0.717, 1.165) is 29.7 Å². The first-order valence-corrected chi connectivity index (χ1v) is 10.3. The number of ether oxygens (including phenoxy) is 1. The predicted octanol–water partition coefficient (Wildman–Crippen LogP) is 3.11. The van der Waals surface area contributed by atoms with Crippen LogP contribution in [0.3, 0.4) is 0 Å². The number of carbonyl (C=O) groups excluding carboxylic acids is 1. The second-order valence-electron chi connectivity index (χ2n) is 7.16. The minimum Gasteiger partial charge on any atom is -0.492 e. The minimum atomic E-state index is -0.397. The van der Waals surface area contributed by atoms with Gasteiger partial charge in [0.2, 0.25) is 0 Å². The van der Waals surface area contributed by atoms with Crippen molar-refractivity contribution in [3.8, 4) is 28.3 Å². The van der Waals surface area contributed by atoms with E-state index < -0.39 is 5.91 Å². The molecule has 0 aliphatic rings. The lowest BCUT2D eigenvalue weighted by Gasteiger charge is -2.09. The molecule has 0 bridgehead atoms. The molecule has 8 heteroatoms. The lowest BCUT2D eigenvalue weighted by molar-refractivity contribution is 0.0955. The van der Waals surface area contributed by atoms with Gasteiger partial charge < -0.3 is 9.84 Å². The van der Waals surface area contributed by atoms with E-state index in [2.05, 4.69) is 20.4 Å². The third kappa shape index (κ3) is 4.72. The Morgan fingerprint density at radius 1 is 1.00 bits per heavy atom. The number of aromatic nitrogens is 3. The Morgan fingerprint density at radius 2 is 1.78 bits per heavy atom. The van der Waals surface area contributed by atoms with Gasteiger partial charge in [0.1, 0.15) is 5.75 Å². The summed E-state index contributed by atoms with van der Waals surface area (Å²) >= 11 is 0. The average Bonchev–Trinajstić information content (AvgIpc) is 2.86. The number of hydrogen-bond acceptors (Lipinski definition) is 7. The van der Waals surface area contributed by atoms with Gasteiger partial charge >= 0.3 is 0 Å². The highest BCUT2D eigenvalue weighted by Crippen LogP contribution is 2.27. The number of amides is 1. The van der Waals surface area contributed by atoms with Gasteiger partial charge in [-0.15, -0.1) is 0 Å². The second kappa shape index (κ2) is 9.95. The van der Waals surface area contributed by atoms with Crippen LogP contribution in [0, 0.1) is 0 Å². The lowest BCUT2D eigenvalue weighted by Crippen LogP contribution is -2.30. The van der Waals surface area contributed by atoms with Gasteiger partial charge in [-0.3, -0.25) is 20.2 Å². The van der Waals surface area contributed by atoms with Gasteiger partial charge in [0.25, 0.3) is 5.91 Å². The molecule has 1 amide bonds. The number of rotatable bonds is 8. The Hall–Kier alpha value is -3.88. The first kappa shape index (κ1) is 21.4. The van der Waals surface area contributed by atoms with Crippen molar-refractivity contribution in [3.63, 3.8) is 0 Å². The largest absolute Gasteiger partial charge is 0.492 e. The number of fused-ring (bicyclic) bond motifs is 1. The molecule has 4 N–H and O–H groups in total. The fraction of sp³-hybridized carbons (Fsp3) is 0.167. The number of nitrogen functional groups attached to an aromatic ring is 1. The molecule has 1 aromatic carbocycles. The maximum atomic E-state index is 12.3. The van der Waals surface area contributed by atoms with E-state index in [4.69, 9.17) is 15.7 Å². The van der Waals surface area contributed by atoms with E-state index in [1.54, 1.807) is 30.7 Å². The van der Waals surface area contributed by atoms with Gasteiger partial charge in [-0.25, -0.2) is 10.8 Å². The van der Waals surface area contributed by atoms with Crippen molar-refractivity contribution in [3.05, 3.63) is 72.7 Å². The van der Waals surface area contributed by atoms with E-state index in [-0.39, 0.29) is 6.61 Å². The Balaban J connectivity index is 1.56.